The molecule has 1 aromatic rings. The highest BCUT2D eigenvalue weighted by molar-refractivity contribution is 6.36. The van der Waals surface area contributed by atoms with Crippen molar-refractivity contribution >= 4 is 40.7 Å². The normalized spacial score (nSPS) is 15.3. The van der Waals surface area contributed by atoms with Gasteiger partial charge >= 0.3 is 0 Å². The van der Waals surface area contributed by atoms with Gasteiger partial charge in [-0.05, 0) is 58.1 Å². The van der Waals surface area contributed by atoms with Crippen molar-refractivity contribution in [1.29, 1.82) is 0 Å². The van der Waals surface area contributed by atoms with Crippen LogP contribution in [0.5, 0.6) is 0 Å². The van der Waals surface area contributed by atoms with E-state index in [0.717, 1.165) is 13.0 Å². The minimum absolute atomic E-state index is 0.209. The molecule has 23 heavy (non-hydrogen) atoms. The Morgan fingerprint density at radius 1 is 1.22 bits per heavy atom. The molecule has 7 heteroatoms. The Morgan fingerprint density at radius 2 is 1.91 bits per heavy atom. The van der Waals surface area contributed by atoms with E-state index >= 15 is 0 Å². The number of halogens is 2. The van der Waals surface area contributed by atoms with Gasteiger partial charge in [0.2, 0.25) is 11.8 Å². The first-order chi connectivity index (χ1) is 10.8. The minimum Gasteiger partial charge on any atom is -0.355 e. The van der Waals surface area contributed by atoms with Gasteiger partial charge < -0.3 is 15.5 Å². The fraction of sp³-hybridized carbons (Fsp3) is 0.500. The molecule has 1 fully saturated rings. The number of hydrogen-bond donors (Lipinski definition) is 2. The molecule has 0 aromatic heterocycles. The second kappa shape index (κ2) is 7.51. The second-order valence-corrected chi connectivity index (χ2v) is 6.92. The predicted molar refractivity (Wildman–Crippen MR) is 92.9 cm³/mol. The summed E-state index contributed by atoms with van der Waals surface area (Å²) in [5.41, 5.74) is -0.492. The molecular weight excluding hydrogens is 337 g/mol. The smallest absolute Gasteiger partial charge is 0.240 e. The van der Waals surface area contributed by atoms with E-state index in [9.17, 15) is 9.59 Å². The fourth-order valence-corrected chi connectivity index (χ4v) is 2.74. The summed E-state index contributed by atoms with van der Waals surface area (Å²) < 4.78 is 0. The number of rotatable bonds is 7. The summed E-state index contributed by atoms with van der Waals surface area (Å²) in [4.78, 5) is 26.8. The fourth-order valence-electron chi connectivity index (χ4n) is 2.28. The second-order valence-electron chi connectivity index (χ2n) is 6.07. The van der Waals surface area contributed by atoms with Gasteiger partial charge in [-0.25, -0.2) is 0 Å². The van der Waals surface area contributed by atoms with E-state index in [-0.39, 0.29) is 11.8 Å². The third-order valence-corrected chi connectivity index (χ3v) is 4.41. The van der Waals surface area contributed by atoms with Crippen molar-refractivity contribution in [3.63, 3.8) is 0 Å². The van der Waals surface area contributed by atoms with Crippen molar-refractivity contribution in [2.45, 2.75) is 19.3 Å². The molecule has 1 saturated carbocycles. The van der Waals surface area contributed by atoms with Crippen LogP contribution < -0.4 is 10.6 Å². The first-order valence-electron chi connectivity index (χ1n) is 7.55. The topological polar surface area (TPSA) is 61.4 Å². The lowest BCUT2D eigenvalue weighted by molar-refractivity contribution is -0.134. The van der Waals surface area contributed by atoms with Crippen LogP contribution in [0.4, 0.5) is 5.69 Å². The van der Waals surface area contributed by atoms with Crippen molar-refractivity contribution in [3.8, 4) is 0 Å². The number of nitrogens with one attached hydrogen (secondary N) is 2. The molecule has 0 aliphatic heterocycles. The van der Waals surface area contributed by atoms with E-state index < -0.39 is 5.41 Å². The largest absolute Gasteiger partial charge is 0.355 e. The van der Waals surface area contributed by atoms with Crippen LogP contribution in [0.15, 0.2) is 18.2 Å². The number of carbonyl (C=O) groups is 2. The van der Waals surface area contributed by atoms with Crippen LogP contribution in [-0.2, 0) is 9.59 Å². The molecule has 0 atom stereocenters. The molecule has 5 nitrogen and oxygen atoms in total. The summed E-state index contributed by atoms with van der Waals surface area (Å²) >= 11 is 11.9. The summed E-state index contributed by atoms with van der Waals surface area (Å²) in [7, 11) is 3.96. The molecule has 2 N–H and O–H groups in total. The van der Waals surface area contributed by atoms with Gasteiger partial charge in [-0.1, -0.05) is 23.2 Å². The van der Waals surface area contributed by atoms with Crippen molar-refractivity contribution in [2.75, 3.05) is 32.5 Å². The maximum absolute atomic E-state index is 12.4. The van der Waals surface area contributed by atoms with Gasteiger partial charge in [-0.15, -0.1) is 0 Å². The Bertz CT molecular complexity index is 601. The van der Waals surface area contributed by atoms with E-state index in [2.05, 4.69) is 10.6 Å². The zero-order valence-electron chi connectivity index (χ0n) is 13.3. The SMILES string of the molecule is CN(C)CCCNC(=O)C1(C(=O)Nc2ccc(Cl)cc2Cl)CC1. The number of carbonyl (C=O) groups excluding carboxylic acids is 2. The van der Waals surface area contributed by atoms with E-state index in [0.29, 0.717) is 35.1 Å². The average Bonchev–Trinajstić information content (AvgIpc) is 3.28. The Hall–Kier alpha value is -1.30. The van der Waals surface area contributed by atoms with Gasteiger partial charge in [0.05, 0.1) is 10.7 Å². The minimum atomic E-state index is -0.957. The molecule has 0 radical (unpaired) electrons. The zero-order chi connectivity index (χ0) is 17.0. The van der Waals surface area contributed by atoms with Crippen LogP contribution in [0, 0.1) is 5.41 Å². The molecule has 1 aliphatic rings. The lowest BCUT2D eigenvalue weighted by Crippen LogP contribution is -2.40. The van der Waals surface area contributed by atoms with Gasteiger partial charge in [0, 0.05) is 11.6 Å². The van der Waals surface area contributed by atoms with Crippen LogP contribution >= 0.6 is 23.2 Å². The van der Waals surface area contributed by atoms with Crippen LogP contribution in [0.3, 0.4) is 0 Å². The van der Waals surface area contributed by atoms with E-state index in [1.807, 2.05) is 19.0 Å². The van der Waals surface area contributed by atoms with Crippen LogP contribution in [0.25, 0.3) is 0 Å². The quantitative estimate of drug-likeness (QED) is 0.582. The summed E-state index contributed by atoms with van der Waals surface area (Å²) in [5.74, 6) is -0.523. The lowest BCUT2D eigenvalue weighted by atomic mass is 10.0. The monoisotopic (exact) mass is 357 g/mol. The van der Waals surface area contributed by atoms with Crippen LogP contribution in [0.2, 0.25) is 10.0 Å². The number of nitrogens with zero attached hydrogens (tertiary/aromatic N) is 1. The maximum atomic E-state index is 12.4. The highest BCUT2D eigenvalue weighted by atomic mass is 35.5. The molecule has 1 aromatic carbocycles. The third-order valence-electron chi connectivity index (χ3n) is 3.87. The van der Waals surface area contributed by atoms with E-state index in [4.69, 9.17) is 23.2 Å². The first kappa shape index (κ1) is 18.0. The molecule has 0 bridgehead atoms. The third kappa shape index (κ3) is 4.59. The van der Waals surface area contributed by atoms with E-state index in [1.165, 1.54) is 0 Å². The maximum Gasteiger partial charge on any atom is 0.240 e. The van der Waals surface area contributed by atoms with Crippen LogP contribution in [-0.4, -0.2) is 43.9 Å². The highest BCUT2D eigenvalue weighted by Gasteiger charge is 2.56. The average molecular weight is 358 g/mol. The number of hydrogen-bond acceptors (Lipinski definition) is 3. The molecule has 0 heterocycles. The molecular formula is C16H21Cl2N3O2. The molecule has 0 unspecified atom stereocenters. The molecule has 2 amide bonds. The predicted octanol–water partition coefficient (Wildman–Crippen LogP) is 2.78. The molecule has 0 spiro atoms. The number of anilines is 1. The summed E-state index contributed by atoms with van der Waals surface area (Å²) in [6, 6.07) is 4.83. The molecule has 2 rings (SSSR count). The van der Waals surface area contributed by atoms with E-state index in [1.54, 1.807) is 18.2 Å². The van der Waals surface area contributed by atoms with Gasteiger partial charge in [0.25, 0.3) is 0 Å². The van der Waals surface area contributed by atoms with Gasteiger partial charge in [-0.3, -0.25) is 9.59 Å². The van der Waals surface area contributed by atoms with Crippen molar-refractivity contribution in [1.82, 2.24) is 10.2 Å². The molecule has 126 valence electrons. The van der Waals surface area contributed by atoms with Crippen LogP contribution in [0.1, 0.15) is 19.3 Å². The lowest BCUT2D eigenvalue weighted by Gasteiger charge is -2.16. The van der Waals surface area contributed by atoms with Gasteiger partial charge in [0.1, 0.15) is 5.41 Å². The Labute approximate surface area is 146 Å². The summed E-state index contributed by atoms with van der Waals surface area (Å²) in [5, 5.41) is 6.43. The standard InChI is InChI=1S/C16H21Cl2N3O2/c1-21(2)9-3-8-19-14(22)16(6-7-16)15(23)20-13-5-4-11(17)10-12(13)18/h4-5,10H,3,6-9H2,1-2H3,(H,19,22)(H,20,23). The van der Waals surface area contributed by atoms with Crippen molar-refractivity contribution < 1.29 is 9.59 Å². The Balaban J connectivity index is 1.91. The Morgan fingerprint density at radius 3 is 2.48 bits per heavy atom. The number of amides is 2. The summed E-state index contributed by atoms with van der Waals surface area (Å²) in [6.45, 7) is 1.45. The Kier molecular flexibility index (Phi) is 5.89. The van der Waals surface area contributed by atoms with Gasteiger partial charge in [0.15, 0.2) is 0 Å². The zero-order valence-corrected chi connectivity index (χ0v) is 14.8. The number of benzene rings is 1. The summed E-state index contributed by atoms with van der Waals surface area (Å²) in [6.07, 6.45) is 1.96. The first-order valence-corrected chi connectivity index (χ1v) is 8.30. The highest BCUT2D eigenvalue weighted by Crippen LogP contribution is 2.47. The molecule has 0 saturated heterocycles. The van der Waals surface area contributed by atoms with Crippen molar-refractivity contribution in [3.05, 3.63) is 28.2 Å². The molecule has 1 aliphatic carbocycles. The van der Waals surface area contributed by atoms with Crippen molar-refractivity contribution in [2.24, 2.45) is 5.41 Å². The van der Waals surface area contributed by atoms with Gasteiger partial charge in [-0.2, -0.15) is 0 Å².